The quantitative estimate of drug-likeness (QED) is 0.691. The fourth-order valence-corrected chi connectivity index (χ4v) is 2.00. The van der Waals surface area contributed by atoms with Crippen molar-refractivity contribution in [3.05, 3.63) is 29.8 Å². The Bertz CT molecular complexity index is 377. The molecule has 1 aromatic carbocycles. The SMILES string of the molecule is CCCCCCC(C)Nc1cccc(C(N)=O)c1. The van der Waals surface area contributed by atoms with Crippen LogP contribution in [0.1, 0.15) is 56.3 Å². The molecule has 0 bridgehead atoms. The van der Waals surface area contributed by atoms with Crippen LogP contribution in [0.15, 0.2) is 24.3 Å². The Kier molecular flexibility index (Phi) is 6.26. The van der Waals surface area contributed by atoms with Crippen LogP contribution in [0.5, 0.6) is 0 Å². The van der Waals surface area contributed by atoms with Gasteiger partial charge in [0.15, 0.2) is 0 Å². The molecule has 0 aromatic heterocycles. The van der Waals surface area contributed by atoms with Crippen LogP contribution in [0.4, 0.5) is 5.69 Å². The molecule has 0 aliphatic heterocycles. The van der Waals surface area contributed by atoms with Gasteiger partial charge in [-0.2, -0.15) is 0 Å². The number of anilines is 1. The maximum absolute atomic E-state index is 11.1. The van der Waals surface area contributed by atoms with Gasteiger partial charge in [0.1, 0.15) is 0 Å². The molecular weight excluding hydrogens is 224 g/mol. The van der Waals surface area contributed by atoms with Gasteiger partial charge in [0.05, 0.1) is 0 Å². The van der Waals surface area contributed by atoms with Gasteiger partial charge in [-0.3, -0.25) is 4.79 Å². The van der Waals surface area contributed by atoms with Crippen molar-refractivity contribution < 1.29 is 4.79 Å². The molecule has 3 N–H and O–H groups in total. The van der Waals surface area contributed by atoms with Crippen molar-refractivity contribution in [2.75, 3.05) is 5.32 Å². The fraction of sp³-hybridized carbons (Fsp3) is 0.533. The average Bonchev–Trinajstić information content (AvgIpc) is 2.35. The number of benzene rings is 1. The minimum atomic E-state index is -0.380. The lowest BCUT2D eigenvalue weighted by Gasteiger charge is -2.15. The van der Waals surface area contributed by atoms with Crippen molar-refractivity contribution in [3.63, 3.8) is 0 Å². The normalized spacial score (nSPS) is 12.1. The molecular formula is C15H24N2O. The first-order chi connectivity index (χ1) is 8.63. The van der Waals surface area contributed by atoms with Crippen molar-refractivity contribution in [2.24, 2.45) is 5.73 Å². The molecule has 3 nitrogen and oxygen atoms in total. The minimum Gasteiger partial charge on any atom is -0.383 e. The van der Waals surface area contributed by atoms with Gasteiger partial charge in [-0.25, -0.2) is 0 Å². The van der Waals surface area contributed by atoms with Crippen LogP contribution in [0.2, 0.25) is 0 Å². The summed E-state index contributed by atoms with van der Waals surface area (Å²) in [4.78, 5) is 11.1. The molecule has 0 heterocycles. The number of rotatable bonds is 8. The zero-order chi connectivity index (χ0) is 13.4. The number of amides is 1. The second-order valence-corrected chi connectivity index (χ2v) is 4.84. The zero-order valence-corrected chi connectivity index (χ0v) is 11.4. The number of nitrogens with two attached hydrogens (primary N) is 1. The molecule has 3 heteroatoms. The lowest BCUT2D eigenvalue weighted by molar-refractivity contribution is 0.100. The summed E-state index contributed by atoms with van der Waals surface area (Å²) >= 11 is 0. The van der Waals surface area contributed by atoms with Crippen LogP contribution in [0, 0.1) is 0 Å². The van der Waals surface area contributed by atoms with Gasteiger partial charge in [0, 0.05) is 17.3 Å². The van der Waals surface area contributed by atoms with Crippen molar-refractivity contribution in [2.45, 2.75) is 52.0 Å². The van der Waals surface area contributed by atoms with Crippen molar-refractivity contribution >= 4 is 11.6 Å². The van der Waals surface area contributed by atoms with Gasteiger partial charge in [0.25, 0.3) is 0 Å². The fourth-order valence-electron chi connectivity index (χ4n) is 2.00. The second kappa shape index (κ2) is 7.75. The van der Waals surface area contributed by atoms with E-state index >= 15 is 0 Å². The zero-order valence-electron chi connectivity index (χ0n) is 11.4. The van der Waals surface area contributed by atoms with Crippen LogP contribution in [-0.4, -0.2) is 11.9 Å². The third-order valence-electron chi connectivity index (χ3n) is 3.05. The van der Waals surface area contributed by atoms with Gasteiger partial charge in [0.2, 0.25) is 5.91 Å². The topological polar surface area (TPSA) is 55.1 Å². The molecule has 100 valence electrons. The smallest absolute Gasteiger partial charge is 0.248 e. The molecule has 1 amide bonds. The molecule has 0 saturated heterocycles. The summed E-state index contributed by atoms with van der Waals surface area (Å²) in [5, 5.41) is 3.41. The third-order valence-corrected chi connectivity index (χ3v) is 3.05. The molecule has 0 aliphatic carbocycles. The Morgan fingerprint density at radius 2 is 2.11 bits per heavy atom. The van der Waals surface area contributed by atoms with Gasteiger partial charge in [-0.15, -0.1) is 0 Å². The van der Waals surface area contributed by atoms with Crippen LogP contribution in [0.3, 0.4) is 0 Å². The maximum atomic E-state index is 11.1. The number of primary amides is 1. The Labute approximate surface area is 110 Å². The predicted molar refractivity (Wildman–Crippen MR) is 76.8 cm³/mol. The van der Waals surface area contributed by atoms with E-state index in [0.717, 1.165) is 12.1 Å². The van der Waals surface area contributed by atoms with E-state index < -0.39 is 0 Å². The van der Waals surface area contributed by atoms with Crippen molar-refractivity contribution in [1.29, 1.82) is 0 Å². The Balaban J connectivity index is 2.41. The Morgan fingerprint density at radius 1 is 1.33 bits per heavy atom. The minimum absolute atomic E-state index is 0.380. The van der Waals surface area contributed by atoms with E-state index in [2.05, 4.69) is 19.2 Å². The number of carbonyl (C=O) groups is 1. The van der Waals surface area contributed by atoms with E-state index in [0.29, 0.717) is 11.6 Å². The number of hydrogen-bond donors (Lipinski definition) is 2. The van der Waals surface area contributed by atoms with E-state index in [9.17, 15) is 4.79 Å². The lowest BCUT2D eigenvalue weighted by atomic mass is 10.1. The standard InChI is InChI=1S/C15H24N2O/c1-3-4-5-6-8-12(2)17-14-10-7-9-13(11-14)15(16)18/h7,9-12,17H,3-6,8H2,1-2H3,(H2,16,18). The number of carbonyl (C=O) groups excluding carboxylic acids is 1. The first-order valence-corrected chi connectivity index (χ1v) is 6.80. The first kappa shape index (κ1) is 14.6. The average molecular weight is 248 g/mol. The highest BCUT2D eigenvalue weighted by Crippen LogP contribution is 2.14. The molecule has 18 heavy (non-hydrogen) atoms. The van der Waals surface area contributed by atoms with E-state index in [1.165, 1.54) is 25.7 Å². The van der Waals surface area contributed by atoms with Crippen LogP contribution in [0.25, 0.3) is 0 Å². The highest BCUT2D eigenvalue weighted by molar-refractivity contribution is 5.93. The molecule has 0 aliphatic rings. The van der Waals surface area contributed by atoms with Crippen molar-refractivity contribution in [3.8, 4) is 0 Å². The summed E-state index contributed by atoms with van der Waals surface area (Å²) in [6, 6.07) is 7.79. The summed E-state index contributed by atoms with van der Waals surface area (Å²) in [5.41, 5.74) is 6.78. The first-order valence-electron chi connectivity index (χ1n) is 6.80. The van der Waals surface area contributed by atoms with Crippen LogP contribution >= 0.6 is 0 Å². The van der Waals surface area contributed by atoms with Crippen molar-refractivity contribution in [1.82, 2.24) is 0 Å². The molecule has 1 aromatic rings. The van der Waals surface area contributed by atoms with Crippen LogP contribution in [-0.2, 0) is 0 Å². The maximum Gasteiger partial charge on any atom is 0.248 e. The number of unbranched alkanes of at least 4 members (excludes halogenated alkanes) is 3. The highest BCUT2D eigenvalue weighted by atomic mass is 16.1. The third kappa shape index (κ3) is 5.21. The monoisotopic (exact) mass is 248 g/mol. The molecule has 1 atom stereocenters. The van der Waals surface area contributed by atoms with Gasteiger partial charge in [-0.1, -0.05) is 38.7 Å². The molecule has 0 spiro atoms. The summed E-state index contributed by atoms with van der Waals surface area (Å²) in [6.45, 7) is 4.39. The number of hydrogen-bond acceptors (Lipinski definition) is 2. The lowest BCUT2D eigenvalue weighted by Crippen LogP contribution is -2.16. The summed E-state index contributed by atoms with van der Waals surface area (Å²) in [6.07, 6.45) is 6.27. The number of nitrogens with one attached hydrogen (secondary N) is 1. The molecule has 0 radical (unpaired) electrons. The molecule has 1 unspecified atom stereocenters. The van der Waals surface area contributed by atoms with E-state index in [4.69, 9.17) is 5.73 Å². The Morgan fingerprint density at radius 3 is 2.78 bits per heavy atom. The largest absolute Gasteiger partial charge is 0.383 e. The summed E-state index contributed by atoms with van der Waals surface area (Å²) < 4.78 is 0. The molecule has 0 saturated carbocycles. The van der Waals surface area contributed by atoms with E-state index in [-0.39, 0.29) is 5.91 Å². The Hall–Kier alpha value is -1.51. The second-order valence-electron chi connectivity index (χ2n) is 4.84. The van der Waals surface area contributed by atoms with Crippen LogP contribution < -0.4 is 11.1 Å². The predicted octanol–water partition coefficient (Wildman–Crippen LogP) is 3.56. The van der Waals surface area contributed by atoms with Gasteiger partial charge >= 0.3 is 0 Å². The summed E-state index contributed by atoms with van der Waals surface area (Å²) in [7, 11) is 0. The molecule has 0 fully saturated rings. The molecule has 1 rings (SSSR count). The van der Waals surface area contributed by atoms with E-state index in [1.54, 1.807) is 6.07 Å². The summed E-state index contributed by atoms with van der Waals surface area (Å²) in [5.74, 6) is -0.380. The van der Waals surface area contributed by atoms with E-state index in [1.807, 2.05) is 18.2 Å². The van der Waals surface area contributed by atoms with Gasteiger partial charge in [-0.05, 0) is 31.5 Å². The highest BCUT2D eigenvalue weighted by Gasteiger charge is 2.04. The van der Waals surface area contributed by atoms with Gasteiger partial charge < -0.3 is 11.1 Å².